The number of hydrogen-bond acceptors (Lipinski definition) is 13. The van der Waals surface area contributed by atoms with Gasteiger partial charge < -0.3 is 37.4 Å². The summed E-state index contributed by atoms with van der Waals surface area (Å²) < 4.78 is 62.5. The molecule has 2 atom stereocenters. The second-order valence-corrected chi connectivity index (χ2v) is 36.0. The van der Waals surface area contributed by atoms with Gasteiger partial charge in [0.05, 0.1) is 60.0 Å². The fourth-order valence-electron chi connectivity index (χ4n) is 15.2. The highest BCUT2D eigenvalue weighted by Gasteiger charge is 2.66. The number of methoxy groups -OCH3 is 1. The number of fused-ring (bicyclic) bond motifs is 1. The van der Waals surface area contributed by atoms with Crippen LogP contribution in [0.4, 0.5) is 4.79 Å². The summed E-state index contributed by atoms with van der Waals surface area (Å²) >= 11 is 0. The van der Waals surface area contributed by atoms with Crippen molar-refractivity contribution in [3.8, 4) is 22.4 Å². The van der Waals surface area contributed by atoms with Crippen LogP contribution in [0.25, 0.3) is 33.2 Å². The van der Waals surface area contributed by atoms with E-state index in [2.05, 4.69) is 87.8 Å². The van der Waals surface area contributed by atoms with Gasteiger partial charge in [-0.15, -0.1) is 0 Å². The predicted octanol–water partition coefficient (Wildman–Crippen LogP) is 14.9. The van der Waals surface area contributed by atoms with Gasteiger partial charge in [0.2, 0.25) is 0 Å². The monoisotopic (exact) mass is 1230 g/mol. The van der Waals surface area contributed by atoms with Crippen molar-refractivity contribution < 1.29 is 51.0 Å². The molecule has 10 rings (SSSR count). The van der Waals surface area contributed by atoms with Crippen molar-refractivity contribution >= 4 is 58.4 Å². The van der Waals surface area contributed by atoms with E-state index in [9.17, 15) is 23.5 Å². The van der Waals surface area contributed by atoms with Gasteiger partial charge in [0.1, 0.15) is 11.2 Å². The maximum Gasteiger partial charge on any atom is 0.410 e. The van der Waals surface area contributed by atoms with Crippen LogP contribution < -0.4 is 10.4 Å². The summed E-state index contributed by atoms with van der Waals surface area (Å²) in [6, 6.07) is 36.1. The van der Waals surface area contributed by atoms with Crippen LogP contribution in [-0.2, 0) is 34.1 Å². The molecule has 87 heavy (non-hydrogen) atoms. The van der Waals surface area contributed by atoms with Crippen LogP contribution in [-0.4, -0.2) is 118 Å². The van der Waals surface area contributed by atoms with E-state index in [4.69, 9.17) is 37.6 Å². The number of benzene rings is 4. The summed E-state index contributed by atoms with van der Waals surface area (Å²) in [7, 11) is -5.01. The smallest absolute Gasteiger partial charge is 0.410 e. The van der Waals surface area contributed by atoms with Crippen LogP contribution in [0.15, 0.2) is 115 Å². The number of pyridine rings is 1. The summed E-state index contributed by atoms with van der Waals surface area (Å²) in [6.45, 7) is 30.2. The number of carbonyl (C=O) groups excluding carboxylic acids is 3. The first-order valence-electron chi connectivity index (χ1n) is 30.7. The summed E-state index contributed by atoms with van der Waals surface area (Å²) in [6.07, 6.45) is 7.55. The Labute approximate surface area is 518 Å². The third-order valence-corrected chi connectivity index (χ3v) is 24.1. The molecule has 0 radical (unpaired) electrons. The van der Waals surface area contributed by atoms with Gasteiger partial charge in [-0.3, -0.25) is 8.86 Å². The number of carbonyl (C=O) groups is 3. The standard InChI is InChI=1S/C70H94N4O11SSi/c1-49-57(54-31-32-58(72-59(54)61(76)84-63(2,3)4)51-30-29-50-23-22-28-55(56(50)39-51)60(75)80-15)40-71-74(49)47-69-42-67(13)41-68(14,43-69)45-70(44-67,46-69)81-37-34-73(62(77)85-64(5,6)7)35-38-86(78,79)82-48-66(11,12)33-36-83-87(65(8,9)10,52-24-18-16-19-25-52)53-26-20-17-21-27-53/h16-32,39-40,78-79H,33-38,41-48H2,1-15H3. The highest BCUT2D eigenvalue weighted by atomic mass is 32.3. The quantitative estimate of drug-likeness (QED) is 0.0373. The van der Waals surface area contributed by atoms with Crippen LogP contribution in [0.2, 0.25) is 5.04 Å². The van der Waals surface area contributed by atoms with Crippen LogP contribution in [0.1, 0.15) is 161 Å². The van der Waals surface area contributed by atoms with Crippen molar-refractivity contribution in [1.29, 1.82) is 0 Å². The largest absolute Gasteiger partial charge is 0.465 e. The molecule has 4 bridgehead atoms. The van der Waals surface area contributed by atoms with Gasteiger partial charge in [-0.25, -0.2) is 19.4 Å². The fraction of sp³-hybridized carbons (Fsp3) is 0.529. The number of amides is 1. The molecule has 2 unspecified atom stereocenters. The van der Waals surface area contributed by atoms with Gasteiger partial charge in [-0.2, -0.15) is 5.10 Å². The van der Waals surface area contributed by atoms with Gasteiger partial charge in [-0.1, -0.05) is 133 Å². The summed E-state index contributed by atoms with van der Waals surface area (Å²) in [5.41, 5.74) is 1.47. The molecule has 17 heteroatoms. The number of aromatic nitrogens is 3. The average Bonchev–Trinajstić information content (AvgIpc) is 0.974. The van der Waals surface area contributed by atoms with E-state index in [0.717, 1.165) is 60.7 Å². The second kappa shape index (κ2) is 24.5. The Morgan fingerprint density at radius 1 is 0.701 bits per heavy atom. The van der Waals surface area contributed by atoms with E-state index in [1.165, 1.54) is 22.4 Å². The number of hydrogen-bond donors (Lipinski definition) is 2. The van der Waals surface area contributed by atoms with Crippen molar-refractivity contribution in [2.75, 3.05) is 45.8 Å². The molecular weight excluding hydrogens is 1130 g/mol. The fourth-order valence-corrected chi connectivity index (χ4v) is 20.9. The predicted molar refractivity (Wildman–Crippen MR) is 348 cm³/mol. The Bertz CT molecular complexity index is 3400. The Kier molecular flexibility index (Phi) is 18.4. The van der Waals surface area contributed by atoms with Crippen LogP contribution in [0, 0.1) is 28.6 Å². The minimum absolute atomic E-state index is 0.00231. The zero-order chi connectivity index (χ0) is 63.2. The van der Waals surface area contributed by atoms with Crippen molar-refractivity contribution in [2.45, 2.75) is 170 Å². The number of esters is 2. The normalized spacial score (nSPS) is 21.7. The van der Waals surface area contributed by atoms with Crippen molar-refractivity contribution in [3.05, 3.63) is 132 Å². The zero-order valence-electron chi connectivity index (χ0n) is 54.1. The molecule has 6 aromatic rings. The molecule has 0 aliphatic heterocycles. The Morgan fingerprint density at radius 3 is 1.93 bits per heavy atom. The molecule has 0 spiro atoms. The van der Waals surface area contributed by atoms with Gasteiger partial charge in [-0.05, 0) is 166 Å². The molecule has 4 aromatic carbocycles. The molecule has 2 heterocycles. The van der Waals surface area contributed by atoms with Crippen molar-refractivity contribution in [2.24, 2.45) is 21.7 Å². The van der Waals surface area contributed by atoms with Crippen molar-refractivity contribution in [3.63, 3.8) is 0 Å². The van der Waals surface area contributed by atoms with Gasteiger partial charge in [0.15, 0.2) is 5.69 Å². The lowest BCUT2D eigenvalue weighted by Gasteiger charge is -2.69. The number of rotatable bonds is 22. The highest BCUT2D eigenvalue weighted by molar-refractivity contribution is 8.20. The lowest BCUT2D eigenvalue weighted by molar-refractivity contribution is -0.248. The molecular formula is C70H94N4O11SSi. The lowest BCUT2D eigenvalue weighted by Crippen LogP contribution is -2.66. The molecule has 4 saturated carbocycles. The Hall–Kier alpha value is -5.92. The molecule has 4 aliphatic rings. The van der Waals surface area contributed by atoms with E-state index < -0.39 is 59.4 Å². The molecule has 0 saturated heterocycles. The maximum absolute atomic E-state index is 14.2. The molecule has 2 aromatic heterocycles. The Morgan fingerprint density at radius 2 is 1.33 bits per heavy atom. The molecule has 2 N–H and O–H groups in total. The lowest BCUT2D eigenvalue weighted by atomic mass is 9.39. The third kappa shape index (κ3) is 14.9. The van der Waals surface area contributed by atoms with E-state index in [-0.39, 0.29) is 59.0 Å². The molecule has 1 amide bonds. The highest BCUT2D eigenvalue weighted by Crippen LogP contribution is 2.72. The molecule has 470 valence electrons. The Balaban J connectivity index is 0.885. The minimum Gasteiger partial charge on any atom is -0.465 e. The first kappa shape index (κ1) is 65.5. The third-order valence-electron chi connectivity index (χ3n) is 17.8. The first-order valence-corrected chi connectivity index (χ1v) is 34.3. The van der Waals surface area contributed by atoms with Crippen LogP contribution in [0.3, 0.4) is 0 Å². The molecule has 4 fully saturated rings. The zero-order valence-corrected chi connectivity index (χ0v) is 56.0. The van der Waals surface area contributed by atoms with Gasteiger partial charge >= 0.3 is 18.0 Å². The minimum atomic E-state index is -3.59. The summed E-state index contributed by atoms with van der Waals surface area (Å²) in [5.74, 6) is -1.19. The van der Waals surface area contributed by atoms with Crippen LogP contribution >= 0.6 is 10.9 Å². The van der Waals surface area contributed by atoms with E-state index >= 15 is 0 Å². The number of nitrogens with zero attached hydrogens (tertiary/aromatic N) is 4. The van der Waals surface area contributed by atoms with Crippen molar-refractivity contribution in [1.82, 2.24) is 19.7 Å². The molecule has 4 aliphatic carbocycles. The topological polar surface area (TPSA) is 181 Å². The van der Waals surface area contributed by atoms with E-state index in [1.807, 2.05) is 123 Å². The van der Waals surface area contributed by atoms with Gasteiger partial charge in [0, 0.05) is 48.6 Å². The second-order valence-electron chi connectivity index (χ2n) is 29.8. The number of ether oxygens (including phenoxy) is 4. The van der Waals surface area contributed by atoms with Gasteiger partial charge in [0.25, 0.3) is 8.32 Å². The molecule has 15 nitrogen and oxygen atoms in total. The van der Waals surface area contributed by atoms with E-state index in [1.54, 1.807) is 6.07 Å². The summed E-state index contributed by atoms with van der Waals surface area (Å²) in [4.78, 5) is 47.5. The first-order chi connectivity index (χ1) is 40.6. The average molecular weight is 1230 g/mol. The maximum atomic E-state index is 14.2. The summed E-state index contributed by atoms with van der Waals surface area (Å²) in [5, 5.41) is 8.84. The van der Waals surface area contributed by atoms with E-state index in [0.29, 0.717) is 41.8 Å². The SMILES string of the molecule is COC(=O)c1cccc2ccc(-c3ccc(-c4cnn(CC56CC7(C)CC(C)(C5)CC(OCCN(CCS(O)(O)OCC(C)(C)CCO[Si](c5ccccc5)(c5ccccc5)C(C)(C)C)C(=O)OC(C)(C)C)(C7)C6)c4C)c(C(=O)OC(C)(C)C)n3)cc12. The van der Waals surface area contributed by atoms with Crippen LogP contribution in [0.5, 0.6) is 0 Å².